The van der Waals surface area contributed by atoms with Crippen LogP contribution in [0.4, 0.5) is 0 Å². The number of aliphatic carboxylic acids is 1. The fourth-order valence-corrected chi connectivity index (χ4v) is 1.15. The van der Waals surface area contributed by atoms with Gasteiger partial charge in [0.25, 0.3) is 0 Å². The van der Waals surface area contributed by atoms with Crippen molar-refractivity contribution in [2.75, 3.05) is 20.2 Å². The van der Waals surface area contributed by atoms with Crippen molar-refractivity contribution in [1.82, 2.24) is 5.32 Å². The second kappa shape index (κ2) is 2.98. The first-order valence-electron chi connectivity index (χ1n) is 3.22. The fourth-order valence-electron chi connectivity index (χ4n) is 1.15. The van der Waals surface area contributed by atoms with Crippen molar-refractivity contribution in [3.05, 3.63) is 0 Å². The summed E-state index contributed by atoms with van der Waals surface area (Å²) in [5, 5.41) is 11.5. The minimum atomic E-state index is -0.781. The quantitative estimate of drug-likeness (QED) is 0.539. The third kappa shape index (κ3) is 1.27. The molecule has 1 saturated heterocycles. The van der Waals surface area contributed by atoms with Crippen molar-refractivity contribution >= 4 is 5.97 Å². The van der Waals surface area contributed by atoms with E-state index in [0.717, 1.165) is 0 Å². The molecule has 4 heteroatoms. The highest BCUT2D eigenvalue weighted by molar-refractivity contribution is 5.71. The number of ether oxygens (including phenoxy) is 1. The summed E-state index contributed by atoms with van der Waals surface area (Å²) in [6.07, 6.45) is -0.155. The number of carboxylic acids is 1. The van der Waals surface area contributed by atoms with Crippen LogP contribution in [-0.2, 0) is 9.53 Å². The fraction of sp³-hybridized carbons (Fsp3) is 0.833. The maximum Gasteiger partial charge on any atom is 0.310 e. The lowest BCUT2D eigenvalue weighted by molar-refractivity contribution is -0.144. The highest BCUT2D eigenvalue weighted by Gasteiger charge is 2.32. The molecule has 0 aliphatic carbocycles. The van der Waals surface area contributed by atoms with Crippen LogP contribution in [0.25, 0.3) is 0 Å². The average Bonchev–Trinajstić information content (AvgIpc) is 2.33. The molecule has 1 aliphatic rings. The lowest BCUT2D eigenvalue weighted by Crippen LogP contribution is -2.27. The first kappa shape index (κ1) is 7.50. The van der Waals surface area contributed by atoms with E-state index in [4.69, 9.17) is 9.84 Å². The van der Waals surface area contributed by atoms with Gasteiger partial charge in [0, 0.05) is 20.2 Å². The zero-order valence-corrected chi connectivity index (χ0v) is 5.83. The van der Waals surface area contributed by atoms with E-state index in [9.17, 15) is 4.79 Å². The predicted molar refractivity (Wildman–Crippen MR) is 34.8 cm³/mol. The number of methoxy groups -OCH3 is 1. The smallest absolute Gasteiger partial charge is 0.310 e. The zero-order chi connectivity index (χ0) is 7.56. The number of hydrogen-bond donors (Lipinski definition) is 2. The minimum absolute atomic E-state index is 0.155. The van der Waals surface area contributed by atoms with Crippen molar-refractivity contribution in [3.63, 3.8) is 0 Å². The number of hydrogen-bond acceptors (Lipinski definition) is 3. The zero-order valence-electron chi connectivity index (χ0n) is 5.83. The van der Waals surface area contributed by atoms with Gasteiger partial charge in [0.2, 0.25) is 0 Å². The Bertz CT molecular complexity index is 137. The van der Waals surface area contributed by atoms with E-state index in [2.05, 4.69) is 5.32 Å². The number of nitrogens with one attached hydrogen (secondary N) is 1. The minimum Gasteiger partial charge on any atom is -0.481 e. The summed E-state index contributed by atoms with van der Waals surface area (Å²) >= 11 is 0. The van der Waals surface area contributed by atoms with Crippen LogP contribution in [0.2, 0.25) is 0 Å². The Morgan fingerprint density at radius 3 is 2.80 bits per heavy atom. The molecule has 1 rings (SSSR count). The van der Waals surface area contributed by atoms with Gasteiger partial charge in [0.1, 0.15) is 0 Å². The van der Waals surface area contributed by atoms with Gasteiger partial charge in [0.05, 0.1) is 12.0 Å². The Hall–Kier alpha value is -0.610. The Morgan fingerprint density at radius 1 is 1.70 bits per heavy atom. The number of rotatable bonds is 2. The summed E-state index contributed by atoms with van der Waals surface area (Å²) < 4.78 is 4.94. The van der Waals surface area contributed by atoms with Crippen LogP contribution in [0.5, 0.6) is 0 Å². The van der Waals surface area contributed by atoms with Crippen molar-refractivity contribution in [1.29, 1.82) is 0 Å². The van der Waals surface area contributed by atoms with Gasteiger partial charge in [-0.3, -0.25) is 4.79 Å². The second-order valence-corrected chi connectivity index (χ2v) is 2.38. The molecule has 2 atom stereocenters. The van der Waals surface area contributed by atoms with Crippen LogP contribution in [0.15, 0.2) is 0 Å². The third-order valence-electron chi connectivity index (χ3n) is 1.78. The van der Waals surface area contributed by atoms with E-state index < -0.39 is 5.97 Å². The third-order valence-corrected chi connectivity index (χ3v) is 1.78. The monoisotopic (exact) mass is 145 g/mol. The molecule has 1 fully saturated rings. The Kier molecular flexibility index (Phi) is 2.24. The van der Waals surface area contributed by atoms with E-state index in [1.54, 1.807) is 0 Å². The molecule has 0 amide bonds. The molecule has 1 heterocycles. The molecule has 0 spiro atoms. The van der Waals surface area contributed by atoms with Crippen LogP contribution in [0.3, 0.4) is 0 Å². The molecule has 0 bridgehead atoms. The predicted octanol–water partition coefficient (Wildman–Crippen LogP) is -0.695. The number of carboxylic acid groups (broad SMARTS) is 1. The summed E-state index contributed by atoms with van der Waals surface area (Å²) in [5.41, 5.74) is 0. The van der Waals surface area contributed by atoms with Gasteiger partial charge in [-0.25, -0.2) is 0 Å². The topological polar surface area (TPSA) is 58.6 Å². The van der Waals surface area contributed by atoms with E-state index in [0.29, 0.717) is 13.1 Å². The molecule has 58 valence electrons. The maximum atomic E-state index is 10.5. The highest BCUT2D eigenvalue weighted by atomic mass is 16.5. The first-order valence-corrected chi connectivity index (χ1v) is 3.22. The highest BCUT2D eigenvalue weighted by Crippen LogP contribution is 2.11. The lowest BCUT2D eigenvalue weighted by Gasteiger charge is -2.11. The largest absolute Gasteiger partial charge is 0.481 e. The van der Waals surface area contributed by atoms with Crippen LogP contribution in [0.1, 0.15) is 0 Å². The molecule has 4 nitrogen and oxygen atoms in total. The Labute approximate surface area is 59.2 Å². The van der Waals surface area contributed by atoms with Gasteiger partial charge in [-0.05, 0) is 0 Å². The lowest BCUT2D eigenvalue weighted by atomic mass is 10.1. The molecule has 0 aromatic rings. The summed E-state index contributed by atoms with van der Waals surface area (Å²) in [6.45, 7) is 1.17. The number of carbonyl (C=O) groups is 1. The molecule has 2 N–H and O–H groups in total. The van der Waals surface area contributed by atoms with Crippen LogP contribution in [-0.4, -0.2) is 37.4 Å². The molecule has 0 aromatic carbocycles. The standard InChI is InChI=1S/C6H11NO3/c1-10-5-3-7-2-4(5)6(8)9/h4-5,7H,2-3H2,1H3,(H,8,9). The van der Waals surface area contributed by atoms with Gasteiger partial charge in [-0.15, -0.1) is 0 Å². The summed E-state index contributed by atoms with van der Waals surface area (Å²) in [5.74, 6) is -1.15. The van der Waals surface area contributed by atoms with Crippen LogP contribution < -0.4 is 5.32 Å². The van der Waals surface area contributed by atoms with E-state index in [1.165, 1.54) is 7.11 Å². The van der Waals surface area contributed by atoms with Gasteiger partial charge < -0.3 is 15.2 Å². The van der Waals surface area contributed by atoms with Crippen LogP contribution in [0, 0.1) is 5.92 Å². The van der Waals surface area contributed by atoms with Gasteiger partial charge >= 0.3 is 5.97 Å². The van der Waals surface area contributed by atoms with Crippen molar-refractivity contribution in [2.45, 2.75) is 6.10 Å². The second-order valence-electron chi connectivity index (χ2n) is 2.38. The molecule has 0 aromatic heterocycles. The molecule has 0 saturated carbocycles. The van der Waals surface area contributed by atoms with Crippen molar-refractivity contribution in [2.24, 2.45) is 5.92 Å². The van der Waals surface area contributed by atoms with Crippen molar-refractivity contribution < 1.29 is 14.6 Å². The molecule has 10 heavy (non-hydrogen) atoms. The van der Waals surface area contributed by atoms with Gasteiger partial charge in [-0.1, -0.05) is 0 Å². The Morgan fingerprint density at radius 2 is 2.40 bits per heavy atom. The normalized spacial score (nSPS) is 32.5. The van der Waals surface area contributed by atoms with E-state index in [1.807, 2.05) is 0 Å². The SMILES string of the molecule is COC1CNCC1C(=O)O. The summed E-state index contributed by atoms with van der Waals surface area (Å²) in [4.78, 5) is 10.5. The van der Waals surface area contributed by atoms with Crippen LogP contribution >= 0.6 is 0 Å². The molecule has 1 aliphatic heterocycles. The van der Waals surface area contributed by atoms with Crippen molar-refractivity contribution in [3.8, 4) is 0 Å². The first-order chi connectivity index (χ1) is 4.75. The molecule has 2 unspecified atom stereocenters. The molecular weight excluding hydrogens is 134 g/mol. The van der Waals surface area contributed by atoms with E-state index >= 15 is 0 Å². The Balaban J connectivity index is 2.50. The molecule has 0 radical (unpaired) electrons. The summed E-state index contributed by atoms with van der Waals surface area (Å²) in [6, 6.07) is 0. The average molecular weight is 145 g/mol. The summed E-state index contributed by atoms with van der Waals surface area (Å²) in [7, 11) is 1.54. The van der Waals surface area contributed by atoms with E-state index in [-0.39, 0.29) is 12.0 Å². The van der Waals surface area contributed by atoms with Gasteiger partial charge in [-0.2, -0.15) is 0 Å². The maximum absolute atomic E-state index is 10.5. The molecular formula is C6H11NO3. The van der Waals surface area contributed by atoms with Gasteiger partial charge in [0.15, 0.2) is 0 Å².